The summed E-state index contributed by atoms with van der Waals surface area (Å²) in [6, 6.07) is 16.6. The molecule has 3 rings (SSSR count). The van der Waals surface area contributed by atoms with Crippen LogP contribution in [0.15, 0.2) is 54.6 Å². The van der Waals surface area contributed by atoms with Gasteiger partial charge >= 0.3 is 11.9 Å². The average Bonchev–Trinajstić information content (AvgIpc) is 2.66. The Morgan fingerprint density at radius 2 is 1.58 bits per heavy atom. The van der Waals surface area contributed by atoms with Gasteiger partial charge in [-0.3, -0.25) is 0 Å². The fourth-order valence-electron chi connectivity index (χ4n) is 2.59. The first-order valence-corrected chi connectivity index (χ1v) is 7.31. The van der Waals surface area contributed by atoms with Gasteiger partial charge in [-0.2, -0.15) is 0 Å². The quantitative estimate of drug-likeness (QED) is 0.691. The molecule has 0 fully saturated rings. The highest BCUT2D eigenvalue weighted by atomic mass is 16.5. The largest absolute Gasteiger partial charge is 0.465 e. The Hall–Kier alpha value is -3.21. The summed E-state index contributed by atoms with van der Waals surface area (Å²) in [4.78, 5) is 28.5. The fraction of sp³-hybridized carbons (Fsp3) is 0.105. The van der Waals surface area contributed by atoms with Crippen molar-refractivity contribution >= 4 is 22.8 Å². The van der Waals surface area contributed by atoms with Crippen molar-refractivity contribution in [2.24, 2.45) is 0 Å². The topological polar surface area (TPSA) is 65.5 Å². The standard InChI is InChI=1S/C19H15NO4/c1-23-18(21)15-11-16(19(22)24-2)20-17-13(9-6-10-14(15)17)12-7-4-3-5-8-12/h3-11H,1-2H3. The summed E-state index contributed by atoms with van der Waals surface area (Å²) in [6.45, 7) is 0. The van der Waals surface area contributed by atoms with Gasteiger partial charge in [-0.05, 0) is 11.6 Å². The van der Waals surface area contributed by atoms with Crippen LogP contribution >= 0.6 is 0 Å². The molecule has 1 heterocycles. The van der Waals surface area contributed by atoms with Crippen LogP contribution < -0.4 is 0 Å². The minimum absolute atomic E-state index is 0.0637. The Balaban J connectivity index is 2.36. The number of nitrogens with zero attached hydrogens (tertiary/aromatic N) is 1. The zero-order valence-corrected chi connectivity index (χ0v) is 13.3. The molecule has 120 valence electrons. The number of hydrogen-bond acceptors (Lipinski definition) is 5. The van der Waals surface area contributed by atoms with Gasteiger partial charge in [0.15, 0.2) is 0 Å². The summed E-state index contributed by atoms with van der Waals surface area (Å²) in [7, 11) is 2.57. The average molecular weight is 321 g/mol. The van der Waals surface area contributed by atoms with E-state index in [2.05, 4.69) is 4.98 Å². The van der Waals surface area contributed by atoms with Crippen molar-refractivity contribution in [3.63, 3.8) is 0 Å². The lowest BCUT2D eigenvalue weighted by atomic mass is 9.99. The summed E-state index contributed by atoms with van der Waals surface area (Å²) >= 11 is 0. The second-order valence-corrected chi connectivity index (χ2v) is 5.11. The van der Waals surface area contributed by atoms with Gasteiger partial charge in [0.2, 0.25) is 0 Å². The predicted molar refractivity (Wildman–Crippen MR) is 89.9 cm³/mol. The summed E-state index contributed by atoms with van der Waals surface area (Å²) in [6.07, 6.45) is 0. The summed E-state index contributed by atoms with van der Waals surface area (Å²) < 4.78 is 9.59. The highest BCUT2D eigenvalue weighted by Crippen LogP contribution is 2.30. The third-order valence-corrected chi connectivity index (χ3v) is 3.72. The molecule has 0 saturated carbocycles. The molecular weight excluding hydrogens is 306 g/mol. The Bertz CT molecular complexity index is 919. The van der Waals surface area contributed by atoms with Gasteiger partial charge in [0.25, 0.3) is 0 Å². The third kappa shape index (κ3) is 2.72. The van der Waals surface area contributed by atoms with Crippen LogP contribution in [0.25, 0.3) is 22.0 Å². The second kappa shape index (κ2) is 6.50. The van der Waals surface area contributed by atoms with E-state index in [4.69, 9.17) is 9.47 Å². The number of rotatable bonds is 3. The smallest absolute Gasteiger partial charge is 0.356 e. The van der Waals surface area contributed by atoms with Crippen LogP contribution in [0.4, 0.5) is 0 Å². The first-order valence-electron chi connectivity index (χ1n) is 7.31. The molecule has 24 heavy (non-hydrogen) atoms. The number of esters is 2. The molecule has 0 N–H and O–H groups in total. The minimum Gasteiger partial charge on any atom is -0.465 e. The van der Waals surface area contributed by atoms with Gasteiger partial charge in [-0.1, -0.05) is 48.5 Å². The number of methoxy groups -OCH3 is 2. The molecular formula is C19H15NO4. The van der Waals surface area contributed by atoms with Crippen molar-refractivity contribution in [3.05, 3.63) is 65.9 Å². The van der Waals surface area contributed by atoms with Crippen LogP contribution in [0.1, 0.15) is 20.8 Å². The molecule has 0 aliphatic carbocycles. The lowest BCUT2D eigenvalue weighted by Gasteiger charge is -2.11. The molecule has 0 spiro atoms. The molecule has 0 radical (unpaired) electrons. The third-order valence-electron chi connectivity index (χ3n) is 3.72. The number of fused-ring (bicyclic) bond motifs is 1. The van der Waals surface area contributed by atoms with Gasteiger partial charge in [0, 0.05) is 10.9 Å². The molecule has 0 aliphatic rings. The number of pyridine rings is 1. The Morgan fingerprint density at radius 3 is 2.25 bits per heavy atom. The highest BCUT2D eigenvalue weighted by molar-refractivity contribution is 6.09. The molecule has 0 unspecified atom stereocenters. The van der Waals surface area contributed by atoms with Crippen molar-refractivity contribution in [3.8, 4) is 11.1 Å². The normalized spacial score (nSPS) is 10.4. The maximum absolute atomic E-state index is 12.1. The molecule has 5 heteroatoms. The van der Waals surface area contributed by atoms with Crippen molar-refractivity contribution in [2.45, 2.75) is 0 Å². The van der Waals surface area contributed by atoms with E-state index in [0.717, 1.165) is 11.1 Å². The van der Waals surface area contributed by atoms with Crippen LogP contribution in [0.2, 0.25) is 0 Å². The molecule has 0 amide bonds. The molecule has 0 saturated heterocycles. The van der Waals surface area contributed by atoms with Crippen LogP contribution in [0, 0.1) is 0 Å². The lowest BCUT2D eigenvalue weighted by Crippen LogP contribution is -2.10. The number of aromatic nitrogens is 1. The zero-order valence-electron chi connectivity index (χ0n) is 13.3. The number of para-hydroxylation sites is 1. The van der Waals surface area contributed by atoms with Crippen LogP contribution in [-0.4, -0.2) is 31.1 Å². The van der Waals surface area contributed by atoms with Crippen LogP contribution in [0.5, 0.6) is 0 Å². The van der Waals surface area contributed by atoms with E-state index in [0.29, 0.717) is 10.9 Å². The van der Waals surface area contributed by atoms with Gasteiger partial charge in [0.05, 0.1) is 25.3 Å². The number of ether oxygens (including phenoxy) is 2. The second-order valence-electron chi connectivity index (χ2n) is 5.11. The monoisotopic (exact) mass is 321 g/mol. The first-order chi connectivity index (χ1) is 11.7. The molecule has 5 nitrogen and oxygen atoms in total. The molecule has 0 aliphatic heterocycles. The number of benzene rings is 2. The maximum Gasteiger partial charge on any atom is 0.356 e. The van der Waals surface area contributed by atoms with E-state index < -0.39 is 11.9 Å². The van der Waals surface area contributed by atoms with E-state index in [-0.39, 0.29) is 11.3 Å². The summed E-state index contributed by atoms with van der Waals surface area (Å²) in [5, 5.41) is 0.621. The van der Waals surface area contributed by atoms with Gasteiger partial charge in [-0.25, -0.2) is 14.6 Å². The Kier molecular flexibility index (Phi) is 4.24. The molecule has 0 bridgehead atoms. The molecule has 3 aromatic rings. The van der Waals surface area contributed by atoms with E-state index in [9.17, 15) is 9.59 Å². The van der Waals surface area contributed by atoms with Crippen molar-refractivity contribution < 1.29 is 19.1 Å². The number of hydrogen-bond donors (Lipinski definition) is 0. The first kappa shape index (κ1) is 15.7. The van der Waals surface area contributed by atoms with Crippen molar-refractivity contribution in [2.75, 3.05) is 14.2 Å². The molecule has 1 aromatic heterocycles. The number of carbonyl (C=O) groups is 2. The van der Waals surface area contributed by atoms with E-state index in [1.165, 1.54) is 20.3 Å². The molecule has 2 aromatic carbocycles. The van der Waals surface area contributed by atoms with Gasteiger partial charge < -0.3 is 9.47 Å². The lowest BCUT2D eigenvalue weighted by molar-refractivity contribution is 0.0594. The van der Waals surface area contributed by atoms with Crippen LogP contribution in [0.3, 0.4) is 0 Å². The van der Waals surface area contributed by atoms with Crippen LogP contribution in [-0.2, 0) is 9.47 Å². The zero-order chi connectivity index (χ0) is 17.1. The highest BCUT2D eigenvalue weighted by Gasteiger charge is 2.19. The van der Waals surface area contributed by atoms with E-state index in [1.807, 2.05) is 42.5 Å². The van der Waals surface area contributed by atoms with E-state index in [1.54, 1.807) is 6.07 Å². The molecule has 0 atom stereocenters. The van der Waals surface area contributed by atoms with Crippen molar-refractivity contribution in [1.82, 2.24) is 4.98 Å². The minimum atomic E-state index is -0.607. The Labute approximate surface area is 138 Å². The van der Waals surface area contributed by atoms with Crippen molar-refractivity contribution in [1.29, 1.82) is 0 Å². The predicted octanol–water partition coefficient (Wildman–Crippen LogP) is 3.48. The fourth-order valence-corrected chi connectivity index (χ4v) is 2.59. The summed E-state index contributed by atoms with van der Waals surface area (Å²) in [5.74, 6) is -1.14. The Morgan fingerprint density at radius 1 is 0.875 bits per heavy atom. The summed E-state index contributed by atoms with van der Waals surface area (Å²) in [5.41, 5.74) is 2.65. The van der Waals surface area contributed by atoms with Gasteiger partial charge in [0.1, 0.15) is 5.69 Å². The number of carbonyl (C=O) groups excluding carboxylic acids is 2. The van der Waals surface area contributed by atoms with E-state index >= 15 is 0 Å². The maximum atomic E-state index is 12.1. The SMILES string of the molecule is COC(=O)c1cc(C(=O)OC)c2cccc(-c3ccccc3)c2n1. The van der Waals surface area contributed by atoms with Gasteiger partial charge in [-0.15, -0.1) is 0 Å².